The van der Waals surface area contributed by atoms with E-state index in [0.29, 0.717) is 23.3 Å². The molecule has 1 spiro atoms. The van der Waals surface area contributed by atoms with Crippen molar-refractivity contribution in [3.05, 3.63) is 64.7 Å². The molecule has 1 aliphatic carbocycles. The van der Waals surface area contributed by atoms with Gasteiger partial charge in [0.1, 0.15) is 17.9 Å². The Bertz CT molecular complexity index is 936. The number of nitrogens with zero attached hydrogens (tertiary/aromatic N) is 2. The van der Waals surface area contributed by atoms with Crippen molar-refractivity contribution < 1.29 is 14.3 Å². The Morgan fingerprint density at radius 1 is 1.04 bits per heavy atom. The minimum atomic E-state index is -0.537. The Hall–Kier alpha value is -2.53. The average molecular weight is 383 g/mol. The molecule has 3 saturated heterocycles. The Labute approximate surface area is 162 Å². The average Bonchev–Trinajstić information content (AvgIpc) is 3.27. The van der Waals surface area contributed by atoms with Gasteiger partial charge in [-0.2, -0.15) is 0 Å². The number of carbonyl (C=O) groups is 2. The van der Waals surface area contributed by atoms with Gasteiger partial charge in [-0.3, -0.25) is 9.69 Å². The van der Waals surface area contributed by atoms with E-state index in [-0.39, 0.29) is 18.5 Å². The summed E-state index contributed by atoms with van der Waals surface area (Å²) in [5, 5.41) is 0.555. The summed E-state index contributed by atoms with van der Waals surface area (Å²) >= 11 is 6.15. The van der Waals surface area contributed by atoms with Crippen molar-refractivity contribution in [1.29, 1.82) is 0 Å². The molecule has 3 aliphatic heterocycles. The van der Waals surface area contributed by atoms with E-state index in [1.165, 1.54) is 4.90 Å². The van der Waals surface area contributed by atoms with E-state index >= 15 is 0 Å². The number of hydrogen-bond acceptors (Lipinski definition) is 3. The van der Waals surface area contributed by atoms with E-state index in [4.69, 9.17) is 16.3 Å². The monoisotopic (exact) mass is 382 g/mol. The summed E-state index contributed by atoms with van der Waals surface area (Å²) in [6.07, 6.45) is 1.65. The molecule has 5 nitrogen and oxygen atoms in total. The summed E-state index contributed by atoms with van der Waals surface area (Å²) in [6, 6.07) is 14.9. The van der Waals surface area contributed by atoms with Crippen LogP contribution in [0.1, 0.15) is 24.0 Å². The third-order valence-electron chi connectivity index (χ3n) is 5.98. The van der Waals surface area contributed by atoms with Crippen LogP contribution < -0.4 is 4.74 Å². The van der Waals surface area contributed by atoms with E-state index in [1.807, 2.05) is 42.5 Å². The molecule has 0 N–H and O–H groups in total. The van der Waals surface area contributed by atoms with Crippen molar-refractivity contribution in [2.45, 2.75) is 31.5 Å². The topological polar surface area (TPSA) is 49.9 Å². The zero-order valence-corrected chi connectivity index (χ0v) is 15.5. The molecule has 3 heterocycles. The molecule has 27 heavy (non-hydrogen) atoms. The zero-order valence-electron chi connectivity index (χ0n) is 14.7. The highest BCUT2D eigenvalue weighted by molar-refractivity contribution is 6.32. The Morgan fingerprint density at radius 3 is 2.48 bits per heavy atom. The lowest BCUT2D eigenvalue weighted by atomic mass is 9.73. The molecule has 0 aromatic heterocycles. The zero-order chi connectivity index (χ0) is 18.6. The van der Waals surface area contributed by atoms with Gasteiger partial charge < -0.3 is 9.64 Å². The minimum Gasteiger partial charge on any atom is -0.487 e. The SMILES string of the molecule is O=C1N(Cc2ccccc2COc2ccccc2Cl)C(=O)C23CC(CN12)C3. The van der Waals surface area contributed by atoms with Crippen LogP contribution >= 0.6 is 11.6 Å². The fourth-order valence-electron chi connectivity index (χ4n) is 4.59. The maximum atomic E-state index is 12.9. The van der Waals surface area contributed by atoms with E-state index in [9.17, 15) is 9.59 Å². The van der Waals surface area contributed by atoms with E-state index in [2.05, 4.69) is 0 Å². The number of benzene rings is 2. The van der Waals surface area contributed by atoms with Crippen molar-refractivity contribution in [2.75, 3.05) is 6.54 Å². The molecule has 4 fully saturated rings. The Morgan fingerprint density at radius 2 is 1.74 bits per heavy atom. The predicted octanol–water partition coefficient (Wildman–Crippen LogP) is 3.85. The van der Waals surface area contributed by atoms with Gasteiger partial charge in [0.15, 0.2) is 0 Å². The number of amides is 3. The van der Waals surface area contributed by atoms with Crippen LogP contribution in [0.3, 0.4) is 0 Å². The van der Waals surface area contributed by atoms with E-state index in [1.54, 1.807) is 11.0 Å². The smallest absolute Gasteiger partial charge is 0.327 e. The molecule has 138 valence electrons. The minimum absolute atomic E-state index is 0.0388. The van der Waals surface area contributed by atoms with Gasteiger partial charge in [0.05, 0.1) is 11.6 Å². The van der Waals surface area contributed by atoms with Crippen LogP contribution in [-0.4, -0.2) is 33.8 Å². The molecule has 0 unspecified atom stereocenters. The predicted molar refractivity (Wildman–Crippen MR) is 100 cm³/mol. The van der Waals surface area contributed by atoms with Crippen LogP contribution in [0.4, 0.5) is 4.79 Å². The van der Waals surface area contributed by atoms with Crippen LogP contribution in [-0.2, 0) is 17.9 Å². The second-order valence-electron chi connectivity index (χ2n) is 7.58. The summed E-state index contributed by atoms with van der Waals surface area (Å²) in [5.74, 6) is 1.08. The maximum Gasteiger partial charge on any atom is 0.327 e. The van der Waals surface area contributed by atoms with Crippen molar-refractivity contribution in [3.63, 3.8) is 0 Å². The Balaban J connectivity index is 1.35. The van der Waals surface area contributed by atoms with Gasteiger partial charge in [-0.15, -0.1) is 0 Å². The van der Waals surface area contributed by atoms with Gasteiger partial charge in [0.2, 0.25) is 0 Å². The number of carbonyl (C=O) groups excluding carboxylic acids is 2. The first-order valence-corrected chi connectivity index (χ1v) is 9.54. The molecular formula is C21H19ClN2O3. The van der Waals surface area contributed by atoms with Crippen LogP contribution in [0.5, 0.6) is 5.75 Å². The van der Waals surface area contributed by atoms with Crippen LogP contribution in [0, 0.1) is 5.92 Å². The van der Waals surface area contributed by atoms with Gasteiger partial charge in [-0.1, -0.05) is 48.0 Å². The quantitative estimate of drug-likeness (QED) is 0.738. The third kappa shape index (κ3) is 2.45. The van der Waals surface area contributed by atoms with Crippen molar-refractivity contribution in [2.24, 2.45) is 5.92 Å². The van der Waals surface area contributed by atoms with Crippen LogP contribution in [0.15, 0.2) is 48.5 Å². The Kier molecular flexibility index (Phi) is 3.69. The summed E-state index contributed by atoms with van der Waals surface area (Å²) < 4.78 is 5.85. The van der Waals surface area contributed by atoms with Gasteiger partial charge in [0.25, 0.3) is 5.91 Å². The number of rotatable bonds is 5. The highest BCUT2D eigenvalue weighted by Gasteiger charge is 2.68. The number of urea groups is 1. The van der Waals surface area contributed by atoms with Gasteiger partial charge in [-0.05, 0) is 42.0 Å². The highest BCUT2D eigenvalue weighted by atomic mass is 35.5. The lowest BCUT2D eigenvalue weighted by molar-refractivity contribution is -0.135. The number of hydrogen-bond donors (Lipinski definition) is 0. The van der Waals surface area contributed by atoms with Crippen molar-refractivity contribution in [3.8, 4) is 5.75 Å². The van der Waals surface area contributed by atoms with Gasteiger partial charge in [0, 0.05) is 6.54 Å². The molecule has 0 radical (unpaired) electrons. The van der Waals surface area contributed by atoms with Gasteiger partial charge in [-0.25, -0.2) is 4.79 Å². The fraction of sp³-hybridized carbons (Fsp3) is 0.333. The first-order chi connectivity index (χ1) is 13.1. The molecular weight excluding hydrogens is 364 g/mol. The first-order valence-electron chi connectivity index (χ1n) is 9.16. The number of ether oxygens (including phenoxy) is 1. The number of halogens is 1. The molecule has 1 saturated carbocycles. The molecule has 3 amide bonds. The standard InChI is InChI=1S/C21H19ClN2O3/c22-17-7-3-4-8-18(17)27-13-16-6-2-1-5-15(16)12-23-19(25)21-9-14(10-21)11-24(21)20(23)26/h1-8,14H,9-13H2. The maximum absolute atomic E-state index is 12.9. The van der Waals surface area contributed by atoms with Crippen LogP contribution in [0.2, 0.25) is 5.02 Å². The molecule has 6 heteroatoms. The summed E-state index contributed by atoms with van der Waals surface area (Å²) in [7, 11) is 0. The normalized spacial score (nSPS) is 25.6. The summed E-state index contributed by atoms with van der Waals surface area (Å²) in [4.78, 5) is 28.8. The van der Waals surface area contributed by atoms with Crippen LogP contribution in [0.25, 0.3) is 0 Å². The molecule has 6 rings (SSSR count). The highest BCUT2D eigenvalue weighted by Crippen LogP contribution is 2.55. The first kappa shape index (κ1) is 16.6. The molecule has 4 aliphatic rings. The van der Waals surface area contributed by atoms with Crippen molar-refractivity contribution >= 4 is 23.5 Å². The number of imide groups is 1. The molecule has 2 aromatic carbocycles. The summed E-state index contributed by atoms with van der Waals surface area (Å²) in [5.41, 5.74) is 1.32. The second-order valence-corrected chi connectivity index (χ2v) is 7.99. The lowest BCUT2D eigenvalue weighted by Gasteiger charge is -2.34. The van der Waals surface area contributed by atoms with E-state index in [0.717, 1.165) is 30.5 Å². The number of para-hydroxylation sites is 1. The third-order valence-corrected chi connectivity index (χ3v) is 6.29. The summed E-state index contributed by atoms with van der Waals surface area (Å²) in [6.45, 7) is 1.33. The van der Waals surface area contributed by atoms with Gasteiger partial charge >= 0.3 is 6.03 Å². The largest absolute Gasteiger partial charge is 0.487 e. The lowest BCUT2D eigenvalue weighted by Crippen LogP contribution is -2.48. The molecule has 0 atom stereocenters. The van der Waals surface area contributed by atoms with Crippen molar-refractivity contribution in [1.82, 2.24) is 9.80 Å². The van der Waals surface area contributed by atoms with E-state index < -0.39 is 5.54 Å². The fourth-order valence-corrected chi connectivity index (χ4v) is 4.78. The molecule has 2 aromatic rings. The second kappa shape index (κ2) is 5.99. The molecule has 2 bridgehead atoms.